The molecule has 0 fully saturated rings. The van der Waals surface area contributed by atoms with Crippen molar-refractivity contribution < 1.29 is 19.5 Å². The standard InChI is InChI=1S/C12H17N3O5/c1-12(2)11-13-7(9(17)14(3)19-4)8(16)10(18)15(11)5-6-20-12/h16H,5-6H2,1-4H3. The highest BCUT2D eigenvalue weighted by molar-refractivity contribution is 5.93. The number of nitrogens with zero attached hydrogens (tertiary/aromatic N) is 3. The maximum absolute atomic E-state index is 12.1. The van der Waals surface area contributed by atoms with E-state index in [4.69, 9.17) is 9.57 Å². The van der Waals surface area contributed by atoms with Crippen LogP contribution in [0.25, 0.3) is 0 Å². The maximum atomic E-state index is 12.1. The first kappa shape index (κ1) is 14.5. The van der Waals surface area contributed by atoms with Crippen LogP contribution in [0.2, 0.25) is 0 Å². The van der Waals surface area contributed by atoms with Gasteiger partial charge >= 0.3 is 0 Å². The number of fused-ring (bicyclic) bond motifs is 1. The molecule has 1 N–H and O–H groups in total. The third-order valence-electron chi connectivity index (χ3n) is 3.22. The Hall–Kier alpha value is -1.93. The zero-order valence-corrected chi connectivity index (χ0v) is 11.8. The second-order valence-corrected chi connectivity index (χ2v) is 4.93. The predicted octanol–water partition coefficient (Wildman–Crippen LogP) is -0.152. The first-order valence-corrected chi connectivity index (χ1v) is 6.10. The van der Waals surface area contributed by atoms with E-state index >= 15 is 0 Å². The molecule has 2 heterocycles. The lowest BCUT2D eigenvalue weighted by atomic mass is 10.1. The summed E-state index contributed by atoms with van der Waals surface area (Å²) < 4.78 is 6.87. The van der Waals surface area contributed by atoms with Gasteiger partial charge in [0, 0.05) is 7.05 Å². The average Bonchev–Trinajstić information content (AvgIpc) is 2.41. The van der Waals surface area contributed by atoms with Crippen LogP contribution in [0.4, 0.5) is 0 Å². The maximum Gasteiger partial charge on any atom is 0.299 e. The highest BCUT2D eigenvalue weighted by Gasteiger charge is 2.34. The molecule has 110 valence electrons. The monoisotopic (exact) mass is 283 g/mol. The number of carbonyl (C=O) groups is 1. The lowest BCUT2D eigenvalue weighted by Crippen LogP contribution is -2.42. The van der Waals surface area contributed by atoms with Gasteiger partial charge in [-0.1, -0.05) is 0 Å². The first-order valence-electron chi connectivity index (χ1n) is 6.10. The summed E-state index contributed by atoms with van der Waals surface area (Å²) in [6.07, 6.45) is 0. The van der Waals surface area contributed by atoms with E-state index in [0.29, 0.717) is 12.4 Å². The van der Waals surface area contributed by atoms with Crippen LogP contribution in [0, 0.1) is 0 Å². The van der Waals surface area contributed by atoms with Gasteiger partial charge in [0.15, 0.2) is 5.69 Å². The molecule has 0 aromatic carbocycles. The van der Waals surface area contributed by atoms with Crippen molar-refractivity contribution in [3.8, 4) is 5.75 Å². The number of carbonyl (C=O) groups excluding carboxylic acids is 1. The highest BCUT2D eigenvalue weighted by atomic mass is 16.7. The Morgan fingerprint density at radius 2 is 2.20 bits per heavy atom. The fourth-order valence-corrected chi connectivity index (χ4v) is 2.05. The fourth-order valence-electron chi connectivity index (χ4n) is 2.05. The number of aromatic hydroxyl groups is 1. The largest absolute Gasteiger partial charge is 0.501 e. The zero-order chi connectivity index (χ0) is 15.1. The summed E-state index contributed by atoms with van der Waals surface area (Å²) in [5.74, 6) is -1.08. The van der Waals surface area contributed by atoms with E-state index in [1.807, 2.05) is 0 Å². The van der Waals surface area contributed by atoms with Gasteiger partial charge in [-0.3, -0.25) is 19.0 Å². The van der Waals surface area contributed by atoms with Crippen LogP contribution < -0.4 is 5.56 Å². The van der Waals surface area contributed by atoms with E-state index in [1.54, 1.807) is 13.8 Å². The van der Waals surface area contributed by atoms with Crippen molar-refractivity contribution in [2.45, 2.75) is 26.0 Å². The molecule has 0 aliphatic carbocycles. The van der Waals surface area contributed by atoms with Gasteiger partial charge < -0.3 is 9.84 Å². The van der Waals surface area contributed by atoms with Crippen molar-refractivity contribution in [2.75, 3.05) is 20.8 Å². The molecule has 0 spiro atoms. The number of hydroxylamine groups is 2. The molecule has 8 heteroatoms. The number of hydrogen-bond donors (Lipinski definition) is 1. The minimum Gasteiger partial charge on any atom is -0.501 e. The fraction of sp³-hybridized carbons (Fsp3) is 0.583. The minimum atomic E-state index is -0.814. The molecule has 1 aromatic rings. The Kier molecular flexibility index (Phi) is 3.53. The van der Waals surface area contributed by atoms with Gasteiger partial charge in [0.1, 0.15) is 11.4 Å². The molecule has 0 radical (unpaired) electrons. The molecule has 1 amide bonds. The number of hydrogen-bond acceptors (Lipinski definition) is 6. The van der Waals surface area contributed by atoms with Crippen molar-refractivity contribution >= 4 is 5.91 Å². The van der Waals surface area contributed by atoms with Gasteiger partial charge in [0.05, 0.1) is 20.3 Å². The zero-order valence-electron chi connectivity index (χ0n) is 11.8. The second-order valence-electron chi connectivity index (χ2n) is 4.93. The summed E-state index contributed by atoms with van der Waals surface area (Å²) in [6.45, 7) is 4.12. The predicted molar refractivity (Wildman–Crippen MR) is 68.2 cm³/mol. The Morgan fingerprint density at radius 1 is 1.55 bits per heavy atom. The van der Waals surface area contributed by atoms with Crippen LogP contribution in [0.3, 0.4) is 0 Å². The van der Waals surface area contributed by atoms with Crippen LogP contribution in [-0.4, -0.2) is 46.4 Å². The molecule has 2 rings (SSSR count). The van der Waals surface area contributed by atoms with Crippen molar-refractivity contribution in [3.63, 3.8) is 0 Å². The van der Waals surface area contributed by atoms with Crippen LogP contribution in [0.1, 0.15) is 30.2 Å². The smallest absolute Gasteiger partial charge is 0.299 e. The van der Waals surface area contributed by atoms with Crippen LogP contribution >= 0.6 is 0 Å². The average molecular weight is 283 g/mol. The van der Waals surface area contributed by atoms with E-state index < -0.39 is 22.8 Å². The Bertz CT molecular complexity index is 608. The number of aromatic nitrogens is 2. The van der Waals surface area contributed by atoms with E-state index in [9.17, 15) is 14.7 Å². The molecule has 1 aromatic heterocycles. The molecule has 0 unspecified atom stereocenters. The van der Waals surface area contributed by atoms with Gasteiger partial charge in [-0.25, -0.2) is 10.0 Å². The number of rotatable bonds is 2. The number of ether oxygens (including phenoxy) is 1. The Labute approximate surface area is 115 Å². The molecule has 8 nitrogen and oxygen atoms in total. The van der Waals surface area contributed by atoms with E-state index in [-0.39, 0.29) is 12.2 Å². The second kappa shape index (κ2) is 4.88. The van der Waals surface area contributed by atoms with Crippen LogP contribution in [0.15, 0.2) is 4.79 Å². The van der Waals surface area contributed by atoms with E-state index in [2.05, 4.69) is 4.98 Å². The summed E-state index contributed by atoms with van der Waals surface area (Å²) in [4.78, 5) is 33.0. The van der Waals surface area contributed by atoms with Gasteiger partial charge in [0.2, 0.25) is 5.75 Å². The lowest BCUT2D eigenvalue weighted by Gasteiger charge is -2.32. The molecule has 0 bridgehead atoms. The summed E-state index contributed by atoms with van der Waals surface area (Å²) in [5, 5.41) is 10.8. The SMILES string of the molecule is CON(C)C(=O)c1nc2n(c(=O)c1O)CCOC2(C)C. The van der Waals surface area contributed by atoms with Crippen LogP contribution in [0.5, 0.6) is 5.75 Å². The van der Waals surface area contributed by atoms with Crippen molar-refractivity contribution in [1.29, 1.82) is 0 Å². The molecule has 1 aliphatic rings. The van der Waals surface area contributed by atoms with Gasteiger partial charge in [-0.05, 0) is 13.8 Å². The van der Waals surface area contributed by atoms with E-state index in [1.165, 1.54) is 18.7 Å². The Balaban J connectivity index is 2.65. The third kappa shape index (κ3) is 2.16. The van der Waals surface area contributed by atoms with Crippen molar-refractivity contribution in [3.05, 3.63) is 21.9 Å². The Morgan fingerprint density at radius 3 is 2.80 bits per heavy atom. The molecule has 0 saturated carbocycles. The molecular weight excluding hydrogens is 266 g/mol. The van der Waals surface area contributed by atoms with Crippen molar-refractivity contribution in [2.24, 2.45) is 0 Å². The quantitative estimate of drug-likeness (QED) is 0.758. The van der Waals surface area contributed by atoms with Gasteiger partial charge in [0.25, 0.3) is 11.5 Å². The molecule has 1 aliphatic heterocycles. The molecule has 0 saturated heterocycles. The van der Waals surface area contributed by atoms with Gasteiger partial charge in [-0.2, -0.15) is 0 Å². The molecule has 0 atom stereocenters. The number of amides is 1. The summed E-state index contributed by atoms with van der Waals surface area (Å²) in [7, 11) is 2.66. The molecule has 20 heavy (non-hydrogen) atoms. The summed E-state index contributed by atoms with van der Waals surface area (Å²) >= 11 is 0. The highest BCUT2D eigenvalue weighted by Crippen LogP contribution is 2.27. The van der Waals surface area contributed by atoms with E-state index in [0.717, 1.165) is 5.06 Å². The summed E-state index contributed by atoms with van der Waals surface area (Å²) in [5.41, 5.74) is -1.81. The third-order valence-corrected chi connectivity index (χ3v) is 3.22. The first-order chi connectivity index (χ1) is 9.29. The summed E-state index contributed by atoms with van der Waals surface area (Å²) in [6, 6.07) is 0. The van der Waals surface area contributed by atoms with Crippen molar-refractivity contribution in [1.82, 2.24) is 14.6 Å². The minimum absolute atomic E-state index is 0.284. The lowest BCUT2D eigenvalue weighted by molar-refractivity contribution is -0.0769. The van der Waals surface area contributed by atoms with Gasteiger partial charge in [-0.15, -0.1) is 0 Å². The van der Waals surface area contributed by atoms with Crippen LogP contribution in [-0.2, 0) is 21.7 Å². The topological polar surface area (TPSA) is 93.9 Å². The molecular formula is C12H17N3O5. The normalized spacial score (nSPS) is 16.6.